The van der Waals surface area contributed by atoms with E-state index in [0.29, 0.717) is 6.07 Å². The summed E-state index contributed by atoms with van der Waals surface area (Å²) in [5.74, 6) is -54.0. The highest BCUT2D eigenvalue weighted by molar-refractivity contribution is 6.63. The minimum atomic E-state index is -5.55. The molecule has 2 aliphatic rings. The van der Waals surface area contributed by atoms with Gasteiger partial charge in [-0.3, -0.25) is 0 Å². The monoisotopic (exact) mass is 774 g/mol. The van der Waals surface area contributed by atoms with Gasteiger partial charge in [0.2, 0.25) is 11.6 Å². The summed E-state index contributed by atoms with van der Waals surface area (Å²) in [4.78, 5) is 0. The third-order valence-electron chi connectivity index (χ3n) is 8.45. The van der Waals surface area contributed by atoms with E-state index in [2.05, 4.69) is 4.65 Å². The largest absolute Gasteiger partial charge is 0.639 e. The Morgan fingerprint density at radius 1 is 0.434 bits per heavy atom. The lowest BCUT2D eigenvalue weighted by Crippen LogP contribution is -2.48. The van der Waals surface area contributed by atoms with Gasteiger partial charge >= 0.3 is 13.0 Å². The van der Waals surface area contributed by atoms with E-state index < -0.39 is 168 Å². The van der Waals surface area contributed by atoms with Crippen LogP contribution in [0, 0.1) is 93.1 Å². The molecule has 0 amide bonds. The summed E-state index contributed by atoms with van der Waals surface area (Å²) < 4.78 is 278. The molecule has 0 fully saturated rings. The molecule has 274 valence electrons. The smallest absolute Gasteiger partial charge is 0.519 e. The molecule has 0 N–H and O–H groups in total. The number of halogens is 18. The van der Waals surface area contributed by atoms with Gasteiger partial charge in [-0.2, -0.15) is 17.6 Å². The first-order valence-corrected chi connectivity index (χ1v) is 14.0. The van der Waals surface area contributed by atoms with Crippen molar-refractivity contribution in [2.24, 2.45) is 0 Å². The molecule has 0 saturated carbocycles. The standard InChI is InChI=1S/C32H5BF18O2/c34-7-3-1-2-5-4-6-9(8(5)7)15(35)22(42)28(48)30(6)52-33(14-19(39)25(45)27(47)26(46)20(14)40)53-31-13-11(17(37)23(43)29(31)49)10-12(32(13,50)51)18(38)24(44)21(41)16(10)36/h1-3H,4H2. The highest BCUT2D eigenvalue weighted by Crippen LogP contribution is 2.59. The molecule has 53 heavy (non-hydrogen) atoms. The quantitative estimate of drug-likeness (QED) is 0.0753. The minimum Gasteiger partial charge on any atom is -0.519 e. The van der Waals surface area contributed by atoms with Gasteiger partial charge in [0.1, 0.15) is 11.6 Å². The van der Waals surface area contributed by atoms with E-state index in [9.17, 15) is 43.9 Å². The average Bonchev–Trinajstić information content (AvgIpc) is 3.63. The number of rotatable bonds is 5. The maximum atomic E-state index is 15.8. The topological polar surface area (TPSA) is 18.5 Å². The van der Waals surface area contributed by atoms with Gasteiger partial charge in [-0.1, -0.05) is 12.1 Å². The zero-order valence-corrected chi connectivity index (χ0v) is 24.6. The van der Waals surface area contributed by atoms with Gasteiger partial charge in [0.05, 0.1) is 16.6 Å². The Morgan fingerprint density at radius 3 is 1.45 bits per heavy atom. The second kappa shape index (κ2) is 11.8. The molecule has 0 aliphatic heterocycles. The summed E-state index contributed by atoms with van der Waals surface area (Å²) in [6.07, 6.45) is -0.881. The van der Waals surface area contributed by atoms with Crippen LogP contribution in [-0.2, 0) is 12.3 Å². The molecule has 0 unspecified atom stereocenters. The summed E-state index contributed by atoms with van der Waals surface area (Å²) >= 11 is 0. The van der Waals surface area contributed by atoms with Gasteiger partial charge in [0.15, 0.2) is 81.4 Å². The van der Waals surface area contributed by atoms with E-state index in [1.807, 2.05) is 0 Å². The number of fused-ring (bicyclic) bond motifs is 6. The van der Waals surface area contributed by atoms with Crippen LogP contribution < -0.4 is 14.8 Å². The highest BCUT2D eigenvalue weighted by Gasteiger charge is 2.56. The van der Waals surface area contributed by atoms with Crippen molar-refractivity contribution in [1.82, 2.24) is 0 Å². The number of alkyl halides is 2. The van der Waals surface area contributed by atoms with E-state index in [0.717, 1.165) is 12.1 Å². The van der Waals surface area contributed by atoms with Gasteiger partial charge in [-0.25, -0.2) is 61.5 Å². The first-order valence-electron chi connectivity index (χ1n) is 14.0. The van der Waals surface area contributed by atoms with E-state index in [1.165, 1.54) is 0 Å². The molecule has 2 nitrogen and oxygen atoms in total. The average molecular weight is 774 g/mol. The number of hydrogen-bond donors (Lipinski definition) is 0. The SMILES string of the molecule is Fc1cccc2c1-c1c(F)c(F)c(F)c(OB(Oc3c(F)c(F)c(F)c4c3C(F)(F)c3c(F)c(F)c(F)c(F)c3-4)c3c(F)c(F)c(F)c(F)c3F)c1C2. The molecule has 5 aromatic carbocycles. The Morgan fingerprint density at radius 2 is 0.868 bits per heavy atom. The Bertz CT molecular complexity index is 2470. The normalized spacial score (nSPS) is 13.5. The van der Waals surface area contributed by atoms with Crippen LogP contribution in [0.3, 0.4) is 0 Å². The molecule has 5 aromatic rings. The van der Waals surface area contributed by atoms with Crippen LogP contribution >= 0.6 is 0 Å². The molecule has 0 atom stereocenters. The van der Waals surface area contributed by atoms with E-state index in [1.54, 1.807) is 0 Å². The molecule has 0 spiro atoms. The second-order valence-electron chi connectivity index (χ2n) is 11.2. The lowest BCUT2D eigenvalue weighted by atomic mass is 9.76. The van der Waals surface area contributed by atoms with Crippen LogP contribution in [-0.4, -0.2) is 7.12 Å². The van der Waals surface area contributed by atoms with Gasteiger partial charge < -0.3 is 9.31 Å². The van der Waals surface area contributed by atoms with E-state index in [-0.39, 0.29) is 5.56 Å². The maximum absolute atomic E-state index is 15.8. The fraction of sp³-hybridized carbons (Fsp3) is 0.0625. The lowest BCUT2D eigenvalue weighted by molar-refractivity contribution is 0.0404. The fourth-order valence-electron chi connectivity index (χ4n) is 6.18. The predicted octanol–water partition coefficient (Wildman–Crippen LogP) is 9.46. The van der Waals surface area contributed by atoms with Crippen LogP contribution in [0.4, 0.5) is 79.0 Å². The van der Waals surface area contributed by atoms with Crippen molar-refractivity contribution in [3.8, 4) is 33.8 Å². The molecule has 0 saturated heterocycles. The number of benzene rings is 5. The van der Waals surface area contributed by atoms with Crippen molar-refractivity contribution in [1.29, 1.82) is 0 Å². The molecule has 0 bridgehead atoms. The maximum Gasteiger partial charge on any atom is 0.639 e. The van der Waals surface area contributed by atoms with Crippen molar-refractivity contribution >= 4 is 12.6 Å². The molecule has 0 heterocycles. The molecular weight excluding hydrogens is 769 g/mol. The van der Waals surface area contributed by atoms with Crippen molar-refractivity contribution in [2.75, 3.05) is 0 Å². The van der Waals surface area contributed by atoms with E-state index in [4.69, 9.17) is 4.65 Å². The first-order chi connectivity index (χ1) is 24.7. The summed E-state index contributed by atoms with van der Waals surface area (Å²) in [6, 6.07) is 2.77. The van der Waals surface area contributed by atoms with Gasteiger partial charge in [-0.15, -0.1) is 0 Å². The van der Waals surface area contributed by atoms with Crippen molar-refractivity contribution in [3.63, 3.8) is 0 Å². The zero-order valence-electron chi connectivity index (χ0n) is 24.6. The van der Waals surface area contributed by atoms with Crippen molar-refractivity contribution < 1.29 is 88.3 Å². The zero-order chi connectivity index (χ0) is 38.9. The number of hydrogen-bond acceptors (Lipinski definition) is 2. The molecule has 21 heteroatoms. The van der Waals surface area contributed by atoms with Crippen LogP contribution in [0.5, 0.6) is 11.5 Å². The summed E-state index contributed by atoms with van der Waals surface area (Å²) in [7, 11) is -3.87. The van der Waals surface area contributed by atoms with Crippen molar-refractivity contribution in [2.45, 2.75) is 12.3 Å². The first kappa shape index (κ1) is 35.9. The van der Waals surface area contributed by atoms with Gasteiger partial charge in [0, 0.05) is 34.2 Å². The highest BCUT2D eigenvalue weighted by atomic mass is 19.3. The van der Waals surface area contributed by atoms with Gasteiger partial charge in [-0.05, 0) is 11.6 Å². The van der Waals surface area contributed by atoms with Crippen LogP contribution in [0.25, 0.3) is 22.3 Å². The molecule has 0 radical (unpaired) electrons. The summed E-state index contributed by atoms with van der Waals surface area (Å²) in [5.41, 5.74) is -15.6. The second-order valence-corrected chi connectivity index (χ2v) is 11.2. The van der Waals surface area contributed by atoms with Gasteiger partial charge in [0.25, 0.3) is 0 Å². The Kier molecular flexibility index (Phi) is 7.96. The third-order valence-corrected chi connectivity index (χ3v) is 8.45. The van der Waals surface area contributed by atoms with E-state index >= 15 is 35.1 Å². The Labute approximate surface area is 280 Å². The summed E-state index contributed by atoms with van der Waals surface area (Å²) in [5, 5.41) is 0. The Hall–Kier alpha value is -5.50. The molecular formula is C32H5BF18O2. The Balaban J connectivity index is 1.53. The minimum absolute atomic E-state index is 0.271. The molecule has 0 aromatic heterocycles. The summed E-state index contributed by atoms with van der Waals surface area (Å²) in [6.45, 7) is 0. The van der Waals surface area contributed by atoms with Crippen molar-refractivity contribution in [3.05, 3.63) is 134 Å². The predicted molar refractivity (Wildman–Crippen MR) is 142 cm³/mol. The van der Waals surface area contributed by atoms with Crippen LogP contribution in [0.1, 0.15) is 22.3 Å². The van der Waals surface area contributed by atoms with Crippen LogP contribution in [0.2, 0.25) is 0 Å². The molecule has 7 rings (SSSR count). The third kappa shape index (κ3) is 4.67. The fourth-order valence-corrected chi connectivity index (χ4v) is 6.18. The molecule has 2 aliphatic carbocycles. The van der Waals surface area contributed by atoms with Crippen LogP contribution in [0.15, 0.2) is 18.2 Å². The lowest BCUT2D eigenvalue weighted by Gasteiger charge is -2.24.